The number of piperidine rings is 1. The van der Waals surface area contributed by atoms with E-state index >= 15 is 0 Å². The molecule has 0 bridgehead atoms. The van der Waals surface area contributed by atoms with Crippen molar-refractivity contribution in [1.82, 2.24) is 4.31 Å². The Morgan fingerprint density at radius 1 is 1.38 bits per heavy atom. The van der Waals surface area contributed by atoms with E-state index in [0.29, 0.717) is 38.1 Å². The van der Waals surface area contributed by atoms with Gasteiger partial charge in [0.25, 0.3) is 0 Å². The second-order valence-electron chi connectivity index (χ2n) is 5.19. The molecule has 1 aromatic carbocycles. The Morgan fingerprint density at radius 3 is 2.62 bits per heavy atom. The van der Waals surface area contributed by atoms with Crippen molar-refractivity contribution in [3.8, 4) is 0 Å². The Kier molecular flexibility index (Phi) is 5.21. The summed E-state index contributed by atoms with van der Waals surface area (Å²) in [6.45, 7) is 2.85. The molecule has 1 saturated heterocycles. The van der Waals surface area contributed by atoms with Gasteiger partial charge in [0.15, 0.2) is 0 Å². The molecule has 0 unspecified atom stereocenters. The molecule has 1 fully saturated rings. The molecule has 0 aromatic heterocycles. The number of nitrogens with two attached hydrogens (primary N) is 1. The third-order valence-corrected chi connectivity index (χ3v) is 5.80. The molecular formula is C14H22N2O4S. The number of sulfonamides is 1. The largest absolute Gasteiger partial charge is 0.398 e. The van der Waals surface area contributed by atoms with Crippen LogP contribution in [-0.4, -0.2) is 50.2 Å². The first-order valence-electron chi connectivity index (χ1n) is 7.04. The van der Waals surface area contributed by atoms with Crippen LogP contribution in [0, 0.1) is 6.92 Å². The fraction of sp³-hybridized carbons (Fsp3) is 0.571. The van der Waals surface area contributed by atoms with Crippen LogP contribution in [0.25, 0.3) is 0 Å². The van der Waals surface area contributed by atoms with E-state index in [9.17, 15) is 8.42 Å². The van der Waals surface area contributed by atoms with Crippen LogP contribution in [0.15, 0.2) is 23.1 Å². The summed E-state index contributed by atoms with van der Waals surface area (Å²) >= 11 is 0. The second kappa shape index (κ2) is 6.74. The maximum absolute atomic E-state index is 12.7. The zero-order valence-corrected chi connectivity index (χ0v) is 13.0. The number of aliphatic hydroxyl groups excluding tert-OH is 1. The van der Waals surface area contributed by atoms with E-state index in [4.69, 9.17) is 15.6 Å². The van der Waals surface area contributed by atoms with Crippen molar-refractivity contribution in [2.45, 2.75) is 30.8 Å². The fourth-order valence-corrected chi connectivity index (χ4v) is 4.41. The monoisotopic (exact) mass is 314 g/mol. The van der Waals surface area contributed by atoms with Crippen molar-refractivity contribution in [3.05, 3.63) is 23.8 Å². The number of nitrogen functional groups attached to an aromatic ring is 1. The van der Waals surface area contributed by atoms with Crippen molar-refractivity contribution in [1.29, 1.82) is 0 Å². The normalized spacial score (nSPS) is 18.0. The molecule has 0 atom stereocenters. The summed E-state index contributed by atoms with van der Waals surface area (Å²) in [4.78, 5) is 0.208. The van der Waals surface area contributed by atoms with Crippen LogP contribution in [0.3, 0.4) is 0 Å². The molecule has 1 aromatic rings. The number of rotatable bonds is 5. The molecule has 0 saturated carbocycles. The Hall–Kier alpha value is -1.15. The standard InChI is InChI=1S/C14H22N2O4S/c1-11-3-2-4-13(15)14(11)21(18,19)16-7-5-12(6-8-16)20-10-9-17/h2-4,12,17H,5-10,15H2,1H3. The van der Waals surface area contributed by atoms with Crippen LogP contribution in [0.1, 0.15) is 18.4 Å². The van der Waals surface area contributed by atoms with Crippen LogP contribution in [0.2, 0.25) is 0 Å². The summed E-state index contributed by atoms with van der Waals surface area (Å²) in [5.74, 6) is 0. The quantitative estimate of drug-likeness (QED) is 0.782. The molecule has 2 rings (SSSR count). The summed E-state index contributed by atoms with van der Waals surface area (Å²) in [5, 5.41) is 8.74. The molecule has 6 nitrogen and oxygen atoms in total. The molecule has 0 radical (unpaired) electrons. The number of aryl methyl sites for hydroxylation is 1. The maximum atomic E-state index is 12.7. The molecule has 1 heterocycles. The van der Waals surface area contributed by atoms with Gasteiger partial charge in [-0.25, -0.2) is 8.42 Å². The van der Waals surface area contributed by atoms with Crippen molar-refractivity contribution in [3.63, 3.8) is 0 Å². The van der Waals surface area contributed by atoms with Crippen molar-refractivity contribution in [2.75, 3.05) is 32.0 Å². The maximum Gasteiger partial charge on any atom is 0.245 e. The van der Waals surface area contributed by atoms with Crippen LogP contribution < -0.4 is 5.73 Å². The minimum Gasteiger partial charge on any atom is -0.398 e. The SMILES string of the molecule is Cc1cccc(N)c1S(=O)(=O)N1CCC(OCCO)CC1. The molecule has 1 aliphatic rings. The van der Waals surface area contributed by atoms with Gasteiger partial charge < -0.3 is 15.6 Å². The highest BCUT2D eigenvalue weighted by Gasteiger charge is 2.31. The number of anilines is 1. The number of benzene rings is 1. The lowest BCUT2D eigenvalue weighted by atomic mass is 10.1. The molecule has 0 amide bonds. The zero-order chi connectivity index (χ0) is 15.5. The number of ether oxygens (including phenoxy) is 1. The lowest BCUT2D eigenvalue weighted by Crippen LogP contribution is -2.41. The van der Waals surface area contributed by atoms with E-state index in [0.717, 1.165) is 0 Å². The number of nitrogens with zero attached hydrogens (tertiary/aromatic N) is 1. The highest BCUT2D eigenvalue weighted by molar-refractivity contribution is 7.89. The summed E-state index contributed by atoms with van der Waals surface area (Å²) in [6.07, 6.45) is 1.27. The van der Waals surface area contributed by atoms with Crippen LogP contribution in [0.4, 0.5) is 5.69 Å². The van der Waals surface area contributed by atoms with Gasteiger partial charge in [-0.3, -0.25) is 0 Å². The van der Waals surface area contributed by atoms with Gasteiger partial charge in [-0.2, -0.15) is 4.31 Å². The first kappa shape index (κ1) is 16.2. The molecule has 1 aliphatic heterocycles. The predicted octanol–water partition coefficient (Wildman–Crippen LogP) is 0.739. The van der Waals surface area contributed by atoms with E-state index in [1.807, 2.05) is 0 Å². The van der Waals surface area contributed by atoms with Gasteiger partial charge >= 0.3 is 0 Å². The summed E-state index contributed by atoms with van der Waals surface area (Å²) in [7, 11) is -3.56. The van der Waals surface area contributed by atoms with E-state index in [1.54, 1.807) is 25.1 Å². The number of aliphatic hydroxyl groups is 1. The average molecular weight is 314 g/mol. The van der Waals surface area contributed by atoms with E-state index in [-0.39, 0.29) is 23.3 Å². The Labute approximate surface area is 125 Å². The number of hydrogen-bond acceptors (Lipinski definition) is 5. The Bertz CT molecular complexity index is 560. The summed E-state index contributed by atoms with van der Waals surface area (Å²) in [6, 6.07) is 5.11. The average Bonchev–Trinajstić information content (AvgIpc) is 2.45. The highest BCUT2D eigenvalue weighted by atomic mass is 32.2. The molecule has 118 valence electrons. The molecule has 0 aliphatic carbocycles. The molecule has 3 N–H and O–H groups in total. The smallest absolute Gasteiger partial charge is 0.245 e. The van der Waals surface area contributed by atoms with Gasteiger partial charge in [0.1, 0.15) is 4.90 Å². The molecule has 0 spiro atoms. The van der Waals surface area contributed by atoms with Gasteiger partial charge in [-0.1, -0.05) is 12.1 Å². The van der Waals surface area contributed by atoms with Crippen LogP contribution in [-0.2, 0) is 14.8 Å². The van der Waals surface area contributed by atoms with Gasteiger partial charge in [-0.15, -0.1) is 0 Å². The van der Waals surface area contributed by atoms with Crippen molar-refractivity contribution < 1.29 is 18.3 Å². The first-order valence-corrected chi connectivity index (χ1v) is 8.48. The van der Waals surface area contributed by atoms with E-state index < -0.39 is 10.0 Å². The van der Waals surface area contributed by atoms with Gasteiger partial charge in [-0.05, 0) is 31.4 Å². The Balaban J connectivity index is 2.12. The summed E-state index contributed by atoms with van der Waals surface area (Å²) < 4.78 is 32.3. The minimum absolute atomic E-state index is 0.0119. The van der Waals surface area contributed by atoms with Gasteiger partial charge in [0.05, 0.1) is 25.0 Å². The van der Waals surface area contributed by atoms with E-state index in [1.165, 1.54) is 4.31 Å². The molecule has 7 heteroatoms. The third-order valence-electron chi connectivity index (χ3n) is 3.69. The lowest BCUT2D eigenvalue weighted by Gasteiger charge is -2.31. The van der Waals surface area contributed by atoms with Gasteiger partial charge in [0.2, 0.25) is 10.0 Å². The van der Waals surface area contributed by atoms with Crippen molar-refractivity contribution >= 4 is 15.7 Å². The van der Waals surface area contributed by atoms with Crippen LogP contribution in [0.5, 0.6) is 0 Å². The second-order valence-corrected chi connectivity index (χ2v) is 7.07. The topological polar surface area (TPSA) is 92.9 Å². The first-order chi connectivity index (χ1) is 9.96. The minimum atomic E-state index is -3.56. The van der Waals surface area contributed by atoms with E-state index in [2.05, 4.69) is 0 Å². The highest BCUT2D eigenvalue weighted by Crippen LogP contribution is 2.28. The molecular weight excluding hydrogens is 292 g/mol. The van der Waals surface area contributed by atoms with Gasteiger partial charge in [0, 0.05) is 13.1 Å². The summed E-state index contributed by atoms with van der Waals surface area (Å²) in [5.41, 5.74) is 6.80. The zero-order valence-electron chi connectivity index (χ0n) is 12.2. The fourth-order valence-electron chi connectivity index (χ4n) is 2.62. The third kappa shape index (κ3) is 3.55. The molecule has 21 heavy (non-hydrogen) atoms. The predicted molar refractivity (Wildman–Crippen MR) is 80.4 cm³/mol. The lowest BCUT2D eigenvalue weighted by molar-refractivity contribution is 0.00319. The number of hydrogen-bond donors (Lipinski definition) is 2. The van der Waals surface area contributed by atoms with Crippen molar-refractivity contribution in [2.24, 2.45) is 0 Å². The Morgan fingerprint density at radius 2 is 2.05 bits per heavy atom. The van der Waals surface area contributed by atoms with Crippen LogP contribution >= 0.6 is 0 Å².